The van der Waals surface area contributed by atoms with Crippen LogP contribution in [0.25, 0.3) is 28.3 Å². The highest BCUT2D eigenvalue weighted by atomic mass is 19.4. The van der Waals surface area contributed by atoms with E-state index in [1.54, 1.807) is 6.20 Å². The van der Waals surface area contributed by atoms with Gasteiger partial charge in [-0.3, -0.25) is 4.79 Å². The van der Waals surface area contributed by atoms with Gasteiger partial charge < -0.3 is 19.8 Å². The summed E-state index contributed by atoms with van der Waals surface area (Å²) in [4.78, 5) is 29.8. The molecule has 12 heteroatoms. The first-order valence-corrected chi connectivity index (χ1v) is 12.4. The molecule has 1 unspecified atom stereocenters. The summed E-state index contributed by atoms with van der Waals surface area (Å²) in [5.74, 6) is -1.26. The fraction of sp³-hybridized carbons (Fsp3) is 0.214. The van der Waals surface area contributed by atoms with Crippen LogP contribution in [0, 0.1) is 0 Å². The highest BCUT2D eigenvalue weighted by Gasteiger charge is 2.31. The molecule has 6 rings (SSSR count). The summed E-state index contributed by atoms with van der Waals surface area (Å²) in [7, 11) is 0. The number of aromatic amines is 2. The van der Waals surface area contributed by atoms with Crippen LogP contribution in [0.15, 0.2) is 54.8 Å². The van der Waals surface area contributed by atoms with Gasteiger partial charge in [-0.25, -0.2) is 19.3 Å². The van der Waals surface area contributed by atoms with Gasteiger partial charge in [0, 0.05) is 41.8 Å². The Morgan fingerprint density at radius 2 is 1.98 bits per heavy atom. The topological polar surface area (TPSA) is 117 Å². The normalized spacial score (nSPS) is 17.2. The van der Waals surface area contributed by atoms with Crippen molar-refractivity contribution in [2.75, 3.05) is 0 Å². The molecule has 4 aromatic rings. The predicted molar refractivity (Wildman–Crippen MR) is 138 cm³/mol. The Balaban J connectivity index is 1.16. The number of fused-ring (bicyclic) bond motifs is 2. The zero-order chi connectivity index (χ0) is 28.0. The van der Waals surface area contributed by atoms with Crippen LogP contribution in [0.5, 0.6) is 6.01 Å². The van der Waals surface area contributed by atoms with Crippen molar-refractivity contribution < 1.29 is 32.2 Å². The van der Waals surface area contributed by atoms with Crippen LogP contribution in [-0.2, 0) is 23.8 Å². The standard InChI is InChI=1S/C28H21F4N5O3/c29-21-7-14(1-4-19(21)26-36-23-5-2-17(28(30,31)32)9-24(23)37-26)16-12-34-27(35-13-16)40-18-3-6-22-20(10-18)15(11-33-22)8-25(38)39/h2-3,5-7,9,11-13,18,33H,1,4,8,10H2,(H,36,37)(H,38,39). The molecule has 0 bridgehead atoms. The molecule has 204 valence electrons. The molecular weight excluding hydrogens is 530 g/mol. The van der Waals surface area contributed by atoms with E-state index in [0.717, 1.165) is 23.4 Å². The third-order valence-corrected chi connectivity index (χ3v) is 6.92. The van der Waals surface area contributed by atoms with E-state index in [-0.39, 0.29) is 41.9 Å². The minimum Gasteiger partial charge on any atom is -0.481 e. The number of aliphatic carboxylic acids is 1. The van der Waals surface area contributed by atoms with Crippen LogP contribution in [0.2, 0.25) is 0 Å². The van der Waals surface area contributed by atoms with Gasteiger partial charge in [-0.05, 0) is 66.0 Å². The molecule has 0 fully saturated rings. The van der Waals surface area contributed by atoms with Gasteiger partial charge in [0.1, 0.15) is 17.8 Å². The van der Waals surface area contributed by atoms with E-state index < -0.39 is 23.5 Å². The summed E-state index contributed by atoms with van der Waals surface area (Å²) >= 11 is 0. The number of allylic oxidation sites excluding steroid dienone is 4. The van der Waals surface area contributed by atoms with E-state index in [0.29, 0.717) is 35.1 Å². The number of benzene rings is 1. The Kier molecular flexibility index (Phi) is 6.24. The molecule has 0 saturated carbocycles. The zero-order valence-corrected chi connectivity index (χ0v) is 20.7. The van der Waals surface area contributed by atoms with Crippen molar-refractivity contribution in [1.82, 2.24) is 24.9 Å². The lowest BCUT2D eigenvalue weighted by Gasteiger charge is -2.19. The SMILES string of the molecule is O=C(O)Cc1c[nH]c2c1CC(Oc1ncc(C3=CC(F)=C(c4nc5ccc(C(F)(F)F)cc5[nH]4)CC3)cn1)C=C2. The molecule has 0 spiro atoms. The number of carboxylic acids is 1. The first kappa shape index (κ1) is 25.5. The Bertz CT molecular complexity index is 1710. The number of H-pyrrole nitrogens is 2. The van der Waals surface area contributed by atoms with Crippen LogP contribution >= 0.6 is 0 Å². The highest BCUT2D eigenvalue weighted by Crippen LogP contribution is 2.37. The van der Waals surface area contributed by atoms with E-state index in [2.05, 4.69) is 24.9 Å². The summed E-state index contributed by atoms with van der Waals surface area (Å²) in [6.07, 6.45) is 6.03. The number of carboxylic acid groups (broad SMARTS) is 1. The zero-order valence-electron chi connectivity index (χ0n) is 20.7. The van der Waals surface area contributed by atoms with Gasteiger partial charge in [-0.2, -0.15) is 13.2 Å². The van der Waals surface area contributed by atoms with Crippen LogP contribution < -0.4 is 4.74 Å². The van der Waals surface area contributed by atoms with E-state index in [4.69, 9.17) is 9.84 Å². The van der Waals surface area contributed by atoms with Crippen molar-refractivity contribution >= 4 is 34.2 Å². The molecule has 0 amide bonds. The minimum atomic E-state index is -4.49. The first-order chi connectivity index (χ1) is 19.1. The van der Waals surface area contributed by atoms with Crippen LogP contribution in [0.4, 0.5) is 17.6 Å². The van der Waals surface area contributed by atoms with Crippen molar-refractivity contribution in [3.05, 3.63) is 88.5 Å². The number of alkyl halides is 3. The van der Waals surface area contributed by atoms with Crippen molar-refractivity contribution in [3.63, 3.8) is 0 Å². The Morgan fingerprint density at radius 3 is 2.70 bits per heavy atom. The molecule has 2 aliphatic rings. The van der Waals surface area contributed by atoms with Crippen LogP contribution in [0.3, 0.4) is 0 Å². The van der Waals surface area contributed by atoms with Gasteiger partial charge in [0.25, 0.3) is 0 Å². The molecule has 0 radical (unpaired) electrons. The fourth-order valence-electron chi connectivity index (χ4n) is 4.93. The number of aromatic nitrogens is 5. The number of imidazole rings is 1. The smallest absolute Gasteiger partial charge is 0.416 e. The third-order valence-electron chi connectivity index (χ3n) is 6.92. The second-order valence-electron chi connectivity index (χ2n) is 9.56. The molecule has 3 N–H and O–H groups in total. The van der Waals surface area contributed by atoms with Gasteiger partial charge >= 0.3 is 18.2 Å². The summed E-state index contributed by atoms with van der Waals surface area (Å²) in [5.41, 5.74) is 3.67. The average Bonchev–Trinajstić information content (AvgIpc) is 3.51. The van der Waals surface area contributed by atoms with Gasteiger partial charge in [0.2, 0.25) is 0 Å². The summed E-state index contributed by atoms with van der Waals surface area (Å²) in [5, 5.41) is 9.12. The largest absolute Gasteiger partial charge is 0.481 e. The summed E-state index contributed by atoms with van der Waals surface area (Å²) in [6, 6.07) is 3.30. The van der Waals surface area contributed by atoms with E-state index >= 15 is 4.39 Å². The van der Waals surface area contributed by atoms with E-state index in [1.807, 2.05) is 12.2 Å². The number of nitrogens with zero attached hydrogens (tertiary/aromatic N) is 3. The predicted octanol–water partition coefficient (Wildman–Crippen LogP) is 5.90. The number of rotatable bonds is 6. The Labute approximate surface area is 224 Å². The molecule has 1 aromatic carbocycles. The number of hydrogen-bond donors (Lipinski definition) is 3. The maximum absolute atomic E-state index is 15.1. The van der Waals surface area contributed by atoms with Gasteiger partial charge in [-0.1, -0.05) is 0 Å². The Morgan fingerprint density at radius 1 is 1.18 bits per heavy atom. The monoisotopic (exact) mass is 551 g/mol. The molecule has 0 saturated heterocycles. The molecule has 3 aromatic heterocycles. The van der Waals surface area contributed by atoms with Crippen LogP contribution in [-0.4, -0.2) is 42.1 Å². The molecule has 0 aliphatic heterocycles. The second kappa shape index (κ2) is 9.78. The second-order valence-corrected chi connectivity index (χ2v) is 9.56. The van der Waals surface area contributed by atoms with E-state index in [1.165, 1.54) is 24.5 Å². The fourth-order valence-corrected chi connectivity index (χ4v) is 4.93. The number of carbonyl (C=O) groups is 1. The van der Waals surface area contributed by atoms with Gasteiger partial charge in [0.05, 0.1) is 23.0 Å². The lowest BCUT2D eigenvalue weighted by Crippen LogP contribution is -2.21. The average molecular weight is 552 g/mol. The number of nitrogens with one attached hydrogen (secondary N) is 2. The quantitative estimate of drug-likeness (QED) is 0.257. The number of halogens is 4. The lowest BCUT2D eigenvalue weighted by molar-refractivity contribution is -0.138. The summed E-state index contributed by atoms with van der Waals surface area (Å²) < 4.78 is 60.1. The van der Waals surface area contributed by atoms with Crippen molar-refractivity contribution in [2.24, 2.45) is 0 Å². The van der Waals surface area contributed by atoms with Gasteiger partial charge in [-0.15, -0.1) is 0 Å². The van der Waals surface area contributed by atoms with Crippen LogP contribution in [0.1, 0.15) is 46.6 Å². The minimum absolute atomic E-state index is 0.0885. The number of ether oxygens (including phenoxy) is 1. The molecule has 2 aliphatic carbocycles. The molecular formula is C28H21F4N5O3. The van der Waals surface area contributed by atoms with E-state index in [9.17, 15) is 18.0 Å². The maximum atomic E-state index is 15.1. The van der Waals surface area contributed by atoms with Crippen molar-refractivity contribution in [1.29, 1.82) is 0 Å². The molecule has 3 heterocycles. The van der Waals surface area contributed by atoms with Crippen molar-refractivity contribution in [2.45, 2.75) is 38.0 Å². The Hall–Kier alpha value is -4.74. The first-order valence-electron chi connectivity index (χ1n) is 12.4. The molecule has 40 heavy (non-hydrogen) atoms. The van der Waals surface area contributed by atoms with Gasteiger partial charge in [0.15, 0.2) is 0 Å². The lowest BCUT2D eigenvalue weighted by atomic mass is 9.93. The number of hydrogen-bond acceptors (Lipinski definition) is 5. The molecule has 1 atom stereocenters. The molecule has 8 nitrogen and oxygen atoms in total. The maximum Gasteiger partial charge on any atom is 0.416 e. The van der Waals surface area contributed by atoms with Crippen molar-refractivity contribution in [3.8, 4) is 6.01 Å². The highest BCUT2D eigenvalue weighted by molar-refractivity contribution is 5.83. The third kappa shape index (κ3) is 4.99. The summed E-state index contributed by atoms with van der Waals surface area (Å²) in [6.45, 7) is 0.